The van der Waals surface area contributed by atoms with Crippen LogP contribution in [0.25, 0.3) is 0 Å². The molecule has 22 heteroatoms. The van der Waals surface area contributed by atoms with Gasteiger partial charge in [0.1, 0.15) is 36.3 Å². The van der Waals surface area contributed by atoms with Gasteiger partial charge in [-0.3, -0.25) is 43.5 Å². The second kappa shape index (κ2) is 24.4. The van der Waals surface area contributed by atoms with Gasteiger partial charge >= 0.3 is 0 Å². The standard InChI is InChI=1S/C40H62ClN13O7S/c1-22(55)49-26(9-5-17-47-39(43)44)34(57)53-30(20-23-7-3-2-4-8-23)36(59)51-28-15-16-32-54(38(28)61)31(21-62-32)37(60)50-27(10-6-18-48-40(45)46)35(58)52-29(33(42)56)19-24-11-13-25(41)14-12-24/h11-14,23,26-32H,2-10,15-21H2,1H3,(H2,42,56)(H,49,55)(H,50,60)(H,51,59)(H,52,58)(H,53,57)(H4,43,44,47)(H4,45,46,48)/t26-,27+,28?,29+,30+,31-,32?/m0/s1. The number of carbonyl (C=O) groups is 7. The van der Waals surface area contributed by atoms with Gasteiger partial charge in [-0.2, -0.15) is 0 Å². The zero-order valence-corrected chi connectivity index (χ0v) is 36.7. The van der Waals surface area contributed by atoms with E-state index >= 15 is 0 Å². The second-order valence-electron chi connectivity index (χ2n) is 16.0. The first kappa shape index (κ1) is 49.3. The van der Waals surface area contributed by atoms with Crippen LogP contribution in [0, 0.1) is 5.92 Å². The predicted molar refractivity (Wildman–Crippen MR) is 237 cm³/mol. The monoisotopic (exact) mass is 903 g/mol. The molecule has 342 valence electrons. The van der Waals surface area contributed by atoms with E-state index in [0.29, 0.717) is 36.3 Å². The molecule has 7 atom stereocenters. The minimum atomic E-state index is -1.15. The number of piperidine rings is 1. The van der Waals surface area contributed by atoms with E-state index < -0.39 is 77.6 Å². The van der Waals surface area contributed by atoms with Gasteiger partial charge < -0.3 is 60.2 Å². The molecule has 3 aliphatic rings. The van der Waals surface area contributed by atoms with Crippen LogP contribution in [-0.2, 0) is 40.0 Å². The highest BCUT2D eigenvalue weighted by Gasteiger charge is 2.48. The van der Waals surface area contributed by atoms with Crippen LogP contribution < -0.4 is 55.3 Å². The van der Waals surface area contributed by atoms with Crippen LogP contribution in [0.1, 0.15) is 89.5 Å². The summed E-state index contributed by atoms with van der Waals surface area (Å²) in [5.41, 5.74) is 28.2. The van der Waals surface area contributed by atoms with Crippen molar-refractivity contribution < 1.29 is 33.6 Å². The maximum Gasteiger partial charge on any atom is 0.246 e. The van der Waals surface area contributed by atoms with Gasteiger partial charge in [-0.15, -0.1) is 11.8 Å². The van der Waals surface area contributed by atoms with E-state index in [4.69, 9.17) is 40.3 Å². The highest BCUT2D eigenvalue weighted by atomic mass is 35.5. The number of aliphatic imine (C=N–C) groups is 2. The summed E-state index contributed by atoms with van der Waals surface area (Å²) in [7, 11) is 0. The summed E-state index contributed by atoms with van der Waals surface area (Å²) in [6.07, 6.45) is 7.02. The zero-order chi connectivity index (χ0) is 45.3. The molecule has 62 heavy (non-hydrogen) atoms. The Morgan fingerprint density at radius 3 is 1.90 bits per heavy atom. The molecule has 2 unspecified atom stereocenters. The molecule has 4 rings (SSSR count). The molecule has 1 aromatic carbocycles. The minimum absolute atomic E-state index is 0.0744. The van der Waals surface area contributed by atoms with Crippen molar-refractivity contribution in [1.82, 2.24) is 31.5 Å². The number of nitrogens with one attached hydrogen (secondary N) is 5. The van der Waals surface area contributed by atoms with Gasteiger partial charge in [-0.25, -0.2) is 0 Å². The third kappa shape index (κ3) is 15.5. The van der Waals surface area contributed by atoms with E-state index in [0.717, 1.165) is 32.1 Å². The Kier molecular flexibility index (Phi) is 19.4. The van der Waals surface area contributed by atoms with Crippen molar-refractivity contribution in [2.75, 3.05) is 18.8 Å². The first-order valence-corrected chi connectivity index (χ1v) is 22.5. The SMILES string of the molecule is CC(=O)N[C@@H](CCCN=C(N)N)C(=O)N[C@H](CC1CCCCC1)C(=O)NC1CCC2SC[C@@H](C(=O)N[C@H](CCCN=C(N)N)C(=O)N[C@H](Cc3ccc(Cl)cc3)C(N)=O)N2C1=O. The Labute approximate surface area is 370 Å². The Balaban J connectivity index is 1.47. The number of halogens is 1. The van der Waals surface area contributed by atoms with Crippen molar-refractivity contribution in [1.29, 1.82) is 0 Å². The molecule has 2 saturated heterocycles. The molecular weight excluding hydrogens is 842 g/mol. The second-order valence-corrected chi connectivity index (χ2v) is 17.6. The van der Waals surface area contributed by atoms with Crippen molar-refractivity contribution in [2.24, 2.45) is 44.6 Å². The number of hydrogen-bond acceptors (Lipinski definition) is 10. The van der Waals surface area contributed by atoms with Crippen molar-refractivity contribution >= 4 is 76.6 Å². The number of benzene rings is 1. The van der Waals surface area contributed by atoms with E-state index in [9.17, 15) is 33.6 Å². The fourth-order valence-electron chi connectivity index (χ4n) is 7.97. The Morgan fingerprint density at radius 2 is 1.34 bits per heavy atom. The van der Waals surface area contributed by atoms with Crippen molar-refractivity contribution in [3.8, 4) is 0 Å². The van der Waals surface area contributed by atoms with Crippen molar-refractivity contribution in [3.63, 3.8) is 0 Å². The molecule has 0 spiro atoms. The molecule has 15 N–H and O–H groups in total. The number of fused-ring (bicyclic) bond motifs is 1. The molecule has 2 aliphatic heterocycles. The molecule has 0 aromatic heterocycles. The van der Waals surface area contributed by atoms with Crippen LogP contribution in [0.3, 0.4) is 0 Å². The summed E-state index contributed by atoms with van der Waals surface area (Å²) >= 11 is 7.43. The lowest BCUT2D eigenvalue weighted by Gasteiger charge is -2.38. The van der Waals surface area contributed by atoms with Crippen LogP contribution in [-0.4, -0.2) is 119 Å². The normalized spacial score (nSPS) is 20.6. The van der Waals surface area contributed by atoms with Gasteiger partial charge in [-0.05, 0) is 68.6 Å². The lowest BCUT2D eigenvalue weighted by atomic mass is 9.84. The van der Waals surface area contributed by atoms with Gasteiger partial charge in [0.2, 0.25) is 41.4 Å². The topological polar surface area (TPSA) is 338 Å². The van der Waals surface area contributed by atoms with Gasteiger partial charge in [0.05, 0.1) is 5.37 Å². The molecule has 2 heterocycles. The lowest BCUT2D eigenvalue weighted by molar-refractivity contribution is -0.146. The number of carbonyl (C=O) groups excluding carboxylic acids is 7. The average Bonchev–Trinajstić information content (AvgIpc) is 3.66. The number of nitrogens with zero attached hydrogens (tertiary/aromatic N) is 3. The van der Waals surface area contributed by atoms with Gasteiger partial charge in [0, 0.05) is 37.2 Å². The smallest absolute Gasteiger partial charge is 0.246 e. The molecular formula is C40H62ClN13O7S. The largest absolute Gasteiger partial charge is 0.370 e. The number of amides is 7. The molecule has 1 saturated carbocycles. The quantitative estimate of drug-likeness (QED) is 0.0379. The van der Waals surface area contributed by atoms with E-state index in [-0.39, 0.29) is 67.7 Å². The van der Waals surface area contributed by atoms with Gasteiger partial charge in [0.25, 0.3) is 0 Å². The van der Waals surface area contributed by atoms with Crippen LogP contribution in [0.2, 0.25) is 5.02 Å². The third-order valence-corrected chi connectivity index (χ3v) is 12.7. The Bertz CT molecular complexity index is 1810. The molecule has 20 nitrogen and oxygen atoms in total. The number of primary amides is 1. The number of rotatable bonds is 22. The summed E-state index contributed by atoms with van der Waals surface area (Å²) in [4.78, 5) is 104. The number of hydrogen-bond donors (Lipinski definition) is 10. The zero-order valence-electron chi connectivity index (χ0n) is 35.1. The molecule has 1 aromatic rings. The molecule has 3 fully saturated rings. The molecule has 1 aliphatic carbocycles. The summed E-state index contributed by atoms with van der Waals surface area (Å²) < 4.78 is 0. The van der Waals surface area contributed by atoms with E-state index in [1.807, 2.05) is 0 Å². The van der Waals surface area contributed by atoms with Crippen LogP contribution in [0.5, 0.6) is 0 Å². The maximum atomic E-state index is 14.2. The van der Waals surface area contributed by atoms with Crippen LogP contribution >= 0.6 is 23.4 Å². The fourth-order valence-corrected chi connectivity index (χ4v) is 9.53. The molecule has 0 radical (unpaired) electrons. The third-order valence-electron chi connectivity index (χ3n) is 11.1. The van der Waals surface area contributed by atoms with Crippen LogP contribution in [0.15, 0.2) is 34.3 Å². The van der Waals surface area contributed by atoms with E-state index in [1.165, 1.54) is 23.6 Å². The number of nitrogens with two attached hydrogens (primary N) is 5. The number of guanidine groups is 2. The predicted octanol–water partition coefficient (Wildman–Crippen LogP) is -1.05. The summed E-state index contributed by atoms with van der Waals surface area (Å²) in [5.74, 6) is -3.87. The van der Waals surface area contributed by atoms with Crippen molar-refractivity contribution in [2.45, 2.75) is 132 Å². The first-order chi connectivity index (χ1) is 29.5. The summed E-state index contributed by atoms with van der Waals surface area (Å²) in [6, 6.07) is 0.505. The highest BCUT2D eigenvalue weighted by molar-refractivity contribution is 8.00. The fraction of sp³-hybridized carbons (Fsp3) is 0.625. The summed E-state index contributed by atoms with van der Waals surface area (Å²) in [6.45, 7) is 1.70. The van der Waals surface area contributed by atoms with E-state index in [2.05, 4.69) is 36.6 Å². The summed E-state index contributed by atoms with van der Waals surface area (Å²) in [5, 5.41) is 14.0. The van der Waals surface area contributed by atoms with Crippen LogP contribution in [0.4, 0.5) is 0 Å². The Hall–Kier alpha value is -5.31. The molecule has 7 amide bonds. The van der Waals surface area contributed by atoms with E-state index in [1.54, 1.807) is 24.3 Å². The highest BCUT2D eigenvalue weighted by Crippen LogP contribution is 2.37. The van der Waals surface area contributed by atoms with Crippen molar-refractivity contribution in [3.05, 3.63) is 34.9 Å². The number of thioether (sulfide) groups is 1. The minimum Gasteiger partial charge on any atom is -0.370 e. The van der Waals surface area contributed by atoms with Gasteiger partial charge in [-0.1, -0.05) is 55.8 Å². The Morgan fingerprint density at radius 1 is 0.758 bits per heavy atom. The molecule has 0 bridgehead atoms. The maximum absolute atomic E-state index is 14.2. The average molecular weight is 905 g/mol. The van der Waals surface area contributed by atoms with Gasteiger partial charge in [0.15, 0.2) is 11.9 Å². The first-order valence-electron chi connectivity index (χ1n) is 21.1. The lowest BCUT2D eigenvalue weighted by Crippen LogP contribution is -2.62.